The summed E-state index contributed by atoms with van der Waals surface area (Å²) in [5.74, 6) is 0. The van der Waals surface area contributed by atoms with Gasteiger partial charge in [-0.05, 0) is 57.0 Å². The van der Waals surface area contributed by atoms with Crippen molar-refractivity contribution in [2.24, 2.45) is 0 Å². The van der Waals surface area contributed by atoms with Gasteiger partial charge in [0.1, 0.15) is 0 Å². The van der Waals surface area contributed by atoms with E-state index in [9.17, 15) is 10.1 Å². The normalized spacial score (nSPS) is 10.3. The summed E-state index contributed by atoms with van der Waals surface area (Å²) >= 11 is 6.79. The van der Waals surface area contributed by atoms with Gasteiger partial charge in [-0.1, -0.05) is 0 Å². The van der Waals surface area contributed by atoms with Gasteiger partial charge >= 0.3 is 0 Å². The molecule has 0 spiro atoms. The summed E-state index contributed by atoms with van der Waals surface area (Å²) in [5, 5.41) is 14.0. The molecule has 2 aromatic rings. The van der Waals surface area contributed by atoms with Crippen LogP contribution < -0.4 is 5.32 Å². The SMILES string of the molecule is Cc1cc(NCc2ncc(Br)cc2Br)ccc1[N+](=O)[O-]. The maximum absolute atomic E-state index is 10.8. The first-order chi connectivity index (χ1) is 9.47. The van der Waals surface area contributed by atoms with E-state index in [2.05, 4.69) is 42.2 Å². The molecular weight excluding hydrogens is 390 g/mol. The highest BCUT2D eigenvalue weighted by Gasteiger charge is 2.10. The fraction of sp³-hybridized carbons (Fsp3) is 0.154. The van der Waals surface area contributed by atoms with Crippen molar-refractivity contribution in [2.45, 2.75) is 13.5 Å². The molecule has 0 aliphatic heterocycles. The molecule has 0 bridgehead atoms. The molecular formula is C13H11Br2N3O2. The van der Waals surface area contributed by atoms with Gasteiger partial charge < -0.3 is 5.32 Å². The zero-order valence-corrected chi connectivity index (χ0v) is 13.7. The van der Waals surface area contributed by atoms with Gasteiger partial charge in [0.05, 0.1) is 17.2 Å². The summed E-state index contributed by atoms with van der Waals surface area (Å²) in [6.07, 6.45) is 1.73. The summed E-state index contributed by atoms with van der Waals surface area (Å²) in [5.41, 5.74) is 2.44. The van der Waals surface area contributed by atoms with Gasteiger partial charge in [-0.15, -0.1) is 0 Å². The zero-order chi connectivity index (χ0) is 14.7. The van der Waals surface area contributed by atoms with E-state index in [0.29, 0.717) is 12.1 Å². The summed E-state index contributed by atoms with van der Waals surface area (Å²) < 4.78 is 1.80. The van der Waals surface area contributed by atoms with Crippen LogP contribution in [0.2, 0.25) is 0 Å². The Hall–Kier alpha value is -1.47. The van der Waals surface area contributed by atoms with Crippen LogP contribution >= 0.6 is 31.9 Å². The number of nitrogens with zero attached hydrogens (tertiary/aromatic N) is 2. The number of nitrogens with one attached hydrogen (secondary N) is 1. The fourth-order valence-electron chi connectivity index (χ4n) is 1.73. The van der Waals surface area contributed by atoms with Crippen LogP contribution in [0.3, 0.4) is 0 Å². The predicted octanol–water partition coefficient (Wildman–Crippen LogP) is 4.44. The van der Waals surface area contributed by atoms with Crippen LogP contribution in [0.1, 0.15) is 11.3 Å². The molecule has 1 aromatic heterocycles. The van der Waals surface area contributed by atoms with Crippen LogP contribution in [0.4, 0.5) is 11.4 Å². The molecule has 0 unspecified atom stereocenters. The molecule has 1 heterocycles. The first-order valence-electron chi connectivity index (χ1n) is 5.76. The van der Waals surface area contributed by atoms with Crippen molar-refractivity contribution in [3.05, 3.63) is 60.8 Å². The molecule has 0 aliphatic carbocycles. The van der Waals surface area contributed by atoms with E-state index < -0.39 is 0 Å². The highest BCUT2D eigenvalue weighted by Crippen LogP contribution is 2.23. The molecule has 0 saturated carbocycles. The number of pyridine rings is 1. The Labute approximate surface area is 132 Å². The molecule has 0 amide bonds. The number of nitro groups is 1. The monoisotopic (exact) mass is 399 g/mol. The molecule has 1 N–H and O–H groups in total. The summed E-state index contributed by atoms with van der Waals surface area (Å²) in [6.45, 7) is 2.25. The van der Waals surface area contributed by atoms with Crippen LogP contribution in [0.5, 0.6) is 0 Å². The molecule has 0 atom stereocenters. The molecule has 0 fully saturated rings. The van der Waals surface area contributed by atoms with Crippen molar-refractivity contribution >= 4 is 43.2 Å². The van der Waals surface area contributed by atoms with Crippen molar-refractivity contribution in [3.63, 3.8) is 0 Å². The summed E-state index contributed by atoms with van der Waals surface area (Å²) in [6, 6.07) is 6.87. The Bertz CT molecular complexity index is 662. The van der Waals surface area contributed by atoms with Gasteiger partial charge in [0.15, 0.2) is 0 Å². The standard InChI is InChI=1S/C13H11Br2N3O2/c1-8-4-10(2-3-13(8)18(19)20)16-7-12-11(15)5-9(14)6-17-12/h2-6,16H,7H2,1H3. The lowest BCUT2D eigenvalue weighted by Crippen LogP contribution is -2.03. The number of rotatable bonds is 4. The summed E-state index contributed by atoms with van der Waals surface area (Å²) in [7, 11) is 0. The van der Waals surface area contributed by atoms with Crippen molar-refractivity contribution in [3.8, 4) is 0 Å². The maximum Gasteiger partial charge on any atom is 0.272 e. The third-order valence-corrected chi connectivity index (χ3v) is 3.86. The number of hydrogen-bond acceptors (Lipinski definition) is 4. The number of halogens is 2. The van der Waals surface area contributed by atoms with Crippen molar-refractivity contribution in [1.82, 2.24) is 4.98 Å². The van der Waals surface area contributed by atoms with Crippen molar-refractivity contribution in [1.29, 1.82) is 0 Å². The second-order valence-electron chi connectivity index (χ2n) is 4.19. The lowest BCUT2D eigenvalue weighted by molar-refractivity contribution is -0.385. The van der Waals surface area contributed by atoms with Crippen LogP contribution in [0, 0.1) is 17.0 Å². The highest BCUT2D eigenvalue weighted by molar-refractivity contribution is 9.11. The number of benzene rings is 1. The summed E-state index contributed by atoms with van der Waals surface area (Å²) in [4.78, 5) is 14.7. The molecule has 2 rings (SSSR count). The lowest BCUT2D eigenvalue weighted by atomic mass is 10.2. The van der Waals surface area contributed by atoms with E-state index in [0.717, 1.165) is 20.3 Å². The molecule has 0 saturated heterocycles. The van der Waals surface area contributed by atoms with Crippen LogP contribution in [0.25, 0.3) is 0 Å². The Balaban J connectivity index is 2.11. The largest absolute Gasteiger partial charge is 0.379 e. The minimum Gasteiger partial charge on any atom is -0.379 e. The highest BCUT2D eigenvalue weighted by atomic mass is 79.9. The maximum atomic E-state index is 10.8. The number of hydrogen-bond donors (Lipinski definition) is 1. The second-order valence-corrected chi connectivity index (χ2v) is 5.96. The molecule has 20 heavy (non-hydrogen) atoms. The first kappa shape index (κ1) is 14.9. The van der Waals surface area contributed by atoms with Crippen molar-refractivity contribution in [2.75, 3.05) is 5.32 Å². The van der Waals surface area contributed by atoms with Gasteiger partial charge in [0.25, 0.3) is 5.69 Å². The fourth-order valence-corrected chi connectivity index (χ4v) is 2.86. The third-order valence-electron chi connectivity index (χ3n) is 2.74. The van der Waals surface area contributed by atoms with Gasteiger partial charge in [-0.25, -0.2) is 0 Å². The van der Waals surface area contributed by atoms with Gasteiger partial charge in [-0.2, -0.15) is 0 Å². The predicted molar refractivity (Wildman–Crippen MR) is 84.8 cm³/mol. The lowest BCUT2D eigenvalue weighted by Gasteiger charge is -2.08. The average Bonchev–Trinajstić information content (AvgIpc) is 2.37. The van der Waals surface area contributed by atoms with Crippen LogP contribution in [-0.4, -0.2) is 9.91 Å². The van der Waals surface area contributed by atoms with Gasteiger partial charge in [0.2, 0.25) is 0 Å². The Kier molecular flexibility index (Phi) is 4.72. The van der Waals surface area contributed by atoms with E-state index in [1.54, 1.807) is 25.3 Å². The van der Waals surface area contributed by atoms with E-state index in [1.165, 1.54) is 6.07 Å². The number of anilines is 1. The Morgan fingerprint density at radius 1 is 1.35 bits per heavy atom. The number of aryl methyl sites for hydroxylation is 1. The van der Waals surface area contributed by atoms with Crippen LogP contribution in [-0.2, 0) is 6.54 Å². The quantitative estimate of drug-likeness (QED) is 0.608. The molecule has 0 radical (unpaired) electrons. The minimum atomic E-state index is -0.383. The molecule has 0 aliphatic rings. The topological polar surface area (TPSA) is 68.1 Å². The smallest absolute Gasteiger partial charge is 0.272 e. The van der Waals surface area contributed by atoms with E-state index in [1.807, 2.05) is 6.07 Å². The second kappa shape index (κ2) is 6.32. The van der Waals surface area contributed by atoms with Gasteiger partial charge in [0, 0.05) is 32.5 Å². The van der Waals surface area contributed by atoms with E-state index >= 15 is 0 Å². The molecule has 7 heteroatoms. The Morgan fingerprint density at radius 2 is 2.10 bits per heavy atom. The van der Waals surface area contributed by atoms with E-state index in [4.69, 9.17) is 0 Å². The first-order valence-corrected chi connectivity index (χ1v) is 7.35. The molecule has 5 nitrogen and oxygen atoms in total. The van der Waals surface area contributed by atoms with Gasteiger partial charge in [-0.3, -0.25) is 15.1 Å². The average molecular weight is 401 g/mol. The van der Waals surface area contributed by atoms with Crippen LogP contribution in [0.15, 0.2) is 39.4 Å². The zero-order valence-electron chi connectivity index (χ0n) is 10.6. The molecule has 104 valence electrons. The number of aromatic nitrogens is 1. The Morgan fingerprint density at radius 3 is 2.70 bits per heavy atom. The minimum absolute atomic E-state index is 0.124. The third kappa shape index (κ3) is 3.55. The number of nitro benzene ring substituents is 1. The van der Waals surface area contributed by atoms with E-state index in [-0.39, 0.29) is 10.6 Å². The van der Waals surface area contributed by atoms with Crippen molar-refractivity contribution < 1.29 is 4.92 Å². The molecule has 1 aromatic carbocycles.